The minimum Gasteiger partial charge on any atom is -0.371 e. The lowest BCUT2D eigenvalue weighted by molar-refractivity contribution is -0.0330. The second-order valence-electron chi connectivity index (χ2n) is 6.00. The highest BCUT2D eigenvalue weighted by Crippen LogP contribution is 2.26. The molecule has 4 heteroatoms. The van der Waals surface area contributed by atoms with E-state index < -0.39 is 0 Å². The van der Waals surface area contributed by atoms with Gasteiger partial charge in [-0.1, -0.05) is 23.8 Å². The second-order valence-corrected chi connectivity index (χ2v) is 6.00. The molecule has 2 rings (SSSR count). The van der Waals surface area contributed by atoms with E-state index in [0.29, 0.717) is 19.4 Å². The fourth-order valence-electron chi connectivity index (χ4n) is 2.99. The number of hydrogen-bond acceptors (Lipinski definition) is 4. The van der Waals surface area contributed by atoms with Gasteiger partial charge in [-0.3, -0.25) is 4.90 Å². The van der Waals surface area contributed by atoms with Gasteiger partial charge in [0, 0.05) is 26.1 Å². The van der Waals surface area contributed by atoms with Crippen LogP contribution in [0.1, 0.15) is 35.6 Å². The molecular formula is C18H23N3O. The molecule has 0 bridgehead atoms. The lowest BCUT2D eigenvalue weighted by Gasteiger charge is -2.34. The summed E-state index contributed by atoms with van der Waals surface area (Å²) in [7, 11) is 0. The molecular weight excluding hydrogens is 274 g/mol. The maximum absolute atomic E-state index is 9.22. The third kappa shape index (κ3) is 4.31. The molecule has 116 valence electrons. The first kappa shape index (κ1) is 16.5. The van der Waals surface area contributed by atoms with Gasteiger partial charge in [0.25, 0.3) is 0 Å². The first-order chi connectivity index (χ1) is 10.6. The Bertz CT molecular complexity index is 585. The van der Waals surface area contributed by atoms with Crippen molar-refractivity contribution in [1.82, 2.24) is 4.90 Å². The highest BCUT2D eigenvalue weighted by Gasteiger charge is 2.25. The van der Waals surface area contributed by atoms with Gasteiger partial charge in [0.05, 0.1) is 30.8 Å². The van der Waals surface area contributed by atoms with Crippen molar-refractivity contribution in [3.63, 3.8) is 0 Å². The third-order valence-electron chi connectivity index (χ3n) is 4.19. The lowest BCUT2D eigenvalue weighted by atomic mass is 9.99. The van der Waals surface area contributed by atoms with E-state index >= 15 is 0 Å². The zero-order chi connectivity index (χ0) is 15.9. The standard InChI is InChI=1S/C18H23N3O/c1-14-5-6-17(15(2)10-14)18-13-21(8-9-22-18)12-16(11-20)4-3-7-19/h5-6,10,16,18H,3-4,8-9,12-13H2,1-2H3/t16-,18-/m0/s1. The van der Waals surface area contributed by atoms with Crippen molar-refractivity contribution < 1.29 is 4.74 Å². The van der Waals surface area contributed by atoms with Crippen LogP contribution in [-0.2, 0) is 4.74 Å². The molecule has 1 saturated heterocycles. The molecule has 1 heterocycles. The highest BCUT2D eigenvalue weighted by molar-refractivity contribution is 5.32. The molecule has 0 aromatic heterocycles. The summed E-state index contributed by atoms with van der Waals surface area (Å²) in [6.07, 6.45) is 1.17. The average molecular weight is 297 g/mol. The third-order valence-corrected chi connectivity index (χ3v) is 4.19. The van der Waals surface area contributed by atoms with E-state index in [1.165, 1.54) is 16.7 Å². The van der Waals surface area contributed by atoms with Crippen LogP contribution in [0.3, 0.4) is 0 Å². The number of aryl methyl sites for hydroxylation is 2. The monoisotopic (exact) mass is 297 g/mol. The number of morpholine rings is 1. The lowest BCUT2D eigenvalue weighted by Crippen LogP contribution is -2.41. The van der Waals surface area contributed by atoms with Crippen molar-refractivity contribution in [2.24, 2.45) is 5.92 Å². The SMILES string of the molecule is Cc1ccc([C@@H]2CN(C[C@H](C#N)CCC#N)CCO2)c(C)c1. The predicted octanol–water partition coefficient (Wildman–Crippen LogP) is 3.12. The summed E-state index contributed by atoms with van der Waals surface area (Å²) in [4.78, 5) is 2.29. The van der Waals surface area contributed by atoms with E-state index in [9.17, 15) is 5.26 Å². The van der Waals surface area contributed by atoms with Crippen molar-refractivity contribution in [2.45, 2.75) is 32.8 Å². The molecule has 1 aromatic rings. The molecule has 0 radical (unpaired) electrons. The molecule has 4 nitrogen and oxygen atoms in total. The van der Waals surface area contributed by atoms with Gasteiger partial charge < -0.3 is 4.74 Å². The summed E-state index contributed by atoms with van der Waals surface area (Å²) in [6, 6.07) is 10.9. The first-order valence-corrected chi connectivity index (χ1v) is 7.81. The maximum Gasteiger partial charge on any atom is 0.0954 e. The van der Waals surface area contributed by atoms with E-state index in [1.807, 2.05) is 0 Å². The molecule has 0 unspecified atom stereocenters. The summed E-state index contributed by atoms with van der Waals surface area (Å²) in [6.45, 7) is 7.30. The Kier molecular flexibility index (Phi) is 5.95. The van der Waals surface area contributed by atoms with Crippen LogP contribution in [0.2, 0.25) is 0 Å². The van der Waals surface area contributed by atoms with E-state index in [0.717, 1.165) is 19.6 Å². The van der Waals surface area contributed by atoms with E-state index in [-0.39, 0.29) is 12.0 Å². The van der Waals surface area contributed by atoms with Crippen molar-refractivity contribution in [3.05, 3.63) is 34.9 Å². The highest BCUT2D eigenvalue weighted by atomic mass is 16.5. The van der Waals surface area contributed by atoms with Gasteiger partial charge in [0.15, 0.2) is 0 Å². The number of hydrogen-bond donors (Lipinski definition) is 0. The largest absolute Gasteiger partial charge is 0.371 e. The van der Waals surface area contributed by atoms with Crippen molar-refractivity contribution in [3.8, 4) is 12.1 Å². The minimum atomic E-state index is -0.0717. The van der Waals surface area contributed by atoms with Gasteiger partial charge in [-0.15, -0.1) is 0 Å². The van der Waals surface area contributed by atoms with E-state index in [4.69, 9.17) is 10.00 Å². The molecule has 1 aliphatic rings. The fourth-order valence-corrected chi connectivity index (χ4v) is 2.99. The Labute approximate surface area is 132 Å². The van der Waals surface area contributed by atoms with Crippen LogP contribution < -0.4 is 0 Å². The summed E-state index contributed by atoms with van der Waals surface area (Å²) >= 11 is 0. The minimum absolute atomic E-state index is 0.0717. The zero-order valence-corrected chi connectivity index (χ0v) is 13.4. The van der Waals surface area contributed by atoms with Gasteiger partial charge >= 0.3 is 0 Å². The molecule has 0 spiro atoms. The maximum atomic E-state index is 9.22. The Morgan fingerprint density at radius 1 is 1.36 bits per heavy atom. The van der Waals surface area contributed by atoms with Crippen LogP contribution in [-0.4, -0.2) is 31.1 Å². The smallest absolute Gasteiger partial charge is 0.0954 e. The predicted molar refractivity (Wildman–Crippen MR) is 85.0 cm³/mol. The molecule has 22 heavy (non-hydrogen) atoms. The summed E-state index contributed by atoms with van der Waals surface area (Å²) < 4.78 is 5.93. The van der Waals surface area contributed by atoms with Crippen LogP contribution >= 0.6 is 0 Å². The number of rotatable bonds is 5. The fraction of sp³-hybridized carbons (Fsp3) is 0.556. The number of nitriles is 2. The van der Waals surface area contributed by atoms with Crippen LogP contribution in [0.5, 0.6) is 0 Å². The number of nitrogens with zero attached hydrogens (tertiary/aromatic N) is 3. The van der Waals surface area contributed by atoms with Gasteiger partial charge in [0.1, 0.15) is 0 Å². The Morgan fingerprint density at radius 3 is 2.86 bits per heavy atom. The van der Waals surface area contributed by atoms with E-state index in [2.05, 4.69) is 49.1 Å². The van der Waals surface area contributed by atoms with Gasteiger partial charge in [0.2, 0.25) is 0 Å². The summed E-state index contributed by atoms with van der Waals surface area (Å²) in [5.41, 5.74) is 3.75. The molecule has 1 aliphatic heterocycles. The summed E-state index contributed by atoms with van der Waals surface area (Å²) in [5.74, 6) is -0.0717. The molecule has 1 aromatic carbocycles. The van der Waals surface area contributed by atoms with Crippen molar-refractivity contribution in [1.29, 1.82) is 10.5 Å². The van der Waals surface area contributed by atoms with Crippen LogP contribution in [0, 0.1) is 42.4 Å². The molecule has 0 saturated carbocycles. The molecule has 0 N–H and O–H groups in total. The quantitative estimate of drug-likeness (QED) is 0.838. The Morgan fingerprint density at radius 2 is 2.18 bits per heavy atom. The van der Waals surface area contributed by atoms with E-state index in [1.54, 1.807) is 0 Å². The topological polar surface area (TPSA) is 60.0 Å². The Balaban J connectivity index is 1.99. The number of ether oxygens (including phenoxy) is 1. The normalized spacial score (nSPS) is 20.1. The molecule has 0 aliphatic carbocycles. The van der Waals surface area contributed by atoms with Gasteiger partial charge in [-0.2, -0.15) is 10.5 Å². The Hall–Kier alpha value is -1.88. The van der Waals surface area contributed by atoms with Crippen molar-refractivity contribution in [2.75, 3.05) is 26.2 Å². The number of benzene rings is 1. The molecule has 1 fully saturated rings. The molecule has 2 atom stereocenters. The van der Waals surface area contributed by atoms with Gasteiger partial charge in [-0.05, 0) is 31.4 Å². The zero-order valence-electron chi connectivity index (χ0n) is 13.4. The average Bonchev–Trinajstić information content (AvgIpc) is 2.51. The van der Waals surface area contributed by atoms with Crippen LogP contribution in [0.4, 0.5) is 0 Å². The van der Waals surface area contributed by atoms with Crippen LogP contribution in [0.25, 0.3) is 0 Å². The molecule has 0 amide bonds. The summed E-state index contributed by atoms with van der Waals surface area (Å²) in [5, 5.41) is 17.9. The first-order valence-electron chi connectivity index (χ1n) is 7.81. The second kappa shape index (κ2) is 7.94. The van der Waals surface area contributed by atoms with Crippen LogP contribution in [0.15, 0.2) is 18.2 Å². The van der Waals surface area contributed by atoms with Crippen molar-refractivity contribution >= 4 is 0 Å². The van der Waals surface area contributed by atoms with Gasteiger partial charge in [-0.25, -0.2) is 0 Å².